The van der Waals surface area contributed by atoms with E-state index < -0.39 is 5.97 Å². The third-order valence-electron chi connectivity index (χ3n) is 3.17. The summed E-state index contributed by atoms with van der Waals surface area (Å²) in [5, 5.41) is 8.88. The van der Waals surface area contributed by atoms with Crippen LogP contribution in [0.3, 0.4) is 0 Å². The molecule has 0 saturated carbocycles. The number of amides is 1. The van der Waals surface area contributed by atoms with Crippen molar-refractivity contribution in [3.05, 3.63) is 11.6 Å². The summed E-state index contributed by atoms with van der Waals surface area (Å²) in [4.78, 5) is 26.4. The number of nitrogens with zero attached hydrogens (tertiary/aromatic N) is 2. The van der Waals surface area contributed by atoms with E-state index >= 15 is 0 Å². The first-order valence-corrected chi connectivity index (χ1v) is 6.43. The van der Waals surface area contributed by atoms with Crippen molar-refractivity contribution in [1.29, 1.82) is 0 Å². The van der Waals surface area contributed by atoms with Gasteiger partial charge in [-0.2, -0.15) is 0 Å². The molecular weight excluding hydrogens is 232 g/mol. The van der Waals surface area contributed by atoms with Crippen LogP contribution in [-0.4, -0.2) is 60.0 Å². The first-order chi connectivity index (χ1) is 8.54. The zero-order chi connectivity index (χ0) is 13.5. The van der Waals surface area contributed by atoms with Crippen LogP contribution in [0.4, 0.5) is 0 Å². The number of likely N-dealkylation sites (tertiary alicyclic amines) is 1. The number of carboxylic acid groups (broad SMARTS) is 1. The molecule has 0 aliphatic carbocycles. The highest BCUT2D eigenvalue weighted by Gasteiger charge is 2.18. The number of hydrogen-bond acceptors (Lipinski definition) is 3. The molecule has 102 valence electrons. The maximum Gasteiger partial charge on any atom is 0.331 e. The Kier molecular flexibility index (Phi) is 5.85. The molecule has 0 aromatic heterocycles. The topological polar surface area (TPSA) is 60.9 Å². The van der Waals surface area contributed by atoms with Gasteiger partial charge in [0.25, 0.3) is 0 Å². The second kappa shape index (κ2) is 7.16. The Labute approximate surface area is 108 Å². The van der Waals surface area contributed by atoms with Gasteiger partial charge < -0.3 is 10.0 Å². The smallest absolute Gasteiger partial charge is 0.331 e. The van der Waals surface area contributed by atoms with E-state index in [0.717, 1.165) is 25.9 Å². The molecule has 1 rings (SSSR count). The summed E-state index contributed by atoms with van der Waals surface area (Å²) in [6.07, 6.45) is 4.37. The second-order valence-corrected chi connectivity index (χ2v) is 4.67. The summed E-state index contributed by atoms with van der Waals surface area (Å²) >= 11 is 0. The lowest BCUT2D eigenvalue weighted by Gasteiger charge is -2.20. The zero-order valence-electron chi connectivity index (χ0n) is 11.2. The highest BCUT2D eigenvalue weighted by Crippen LogP contribution is 2.08. The number of carbonyl (C=O) groups excluding carboxylic acids is 1. The average molecular weight is 254 g/mol. The standard InChI is InChI=1S/C13H22N2O3/c1-3-11(13(17)18)6-9-14(2)10-12(16)15-7-4-5-8-15/h6H,3-5,7-10H2,1-2H3,(H,17,18). The monoisotopic (exact) mass is 254 g/mol. The van der Waals surface area contributed by atoms with Crippen molar-refractivity contribution < 1.29 is 14.7 Å². The molecule has 0 aromatic rings. The Hall–Kier alpha value is -1.36. The minimum absolute atomic E-state index is 0.136. The van der Waals surface area contributed by atoms with Gasteiger partial charge in [-0.15, -0.1) is 0 Å². The number of hydrogen-bond donors (Lipinski definition) is 1. The molecule has 0 radical (unpaired) electrons. The lowest BCUT2D eigenvalue weighted by molar-refractivity contribution is -0.132. The Morgan fingerprint density at radius 3 is 2.44 bits per heavy atom. The van der Waals surface area contributed by atoms with Gasteiger partial charge in [0.15, 0.2) is 0 Å². The summed E-state index contributed by atoms with van der Waals surface area (Å²) < 4.78 is 0. The molecule has 5 nitrogen and oxygen atoms in total. The van der Waals surface area contributed by atoms with Gasteiger partial charge in [0.2, 0.25) is 5.91 Å². The summed E-state index contributed by atoms with van der Waals surface area (Å²) in [5.41, 5.74) is 0.399. The SMILES string of the molecule is CCC(=CCN(C)CC(=O)N1CCCC1)C(=O)O. The molecule has 1 amide bonds. The molecule has 1 aliphatic heterocycles. The Morgan fingerprint density at radius 2 is 1.94 bits per heavy atom. The van der Waals surface area contributed by atoms with Gasteiger partial charge in [0, 0.05) is 25.2 Å². The van der Waals surface area contributed by atoms with Gasteiger partial charge in [0.1, 0.15) is 0 Å². The van der Waals surface area contributed by atoms with Crippen LogP contribution in [0.2, 0.25) is 0 Å². The van der Waals surface area contributed by atoms with Crippen LogP contribution in [0.15, 0.2) is 11.6 Å². The predicted molar refractivity (Wildman–Crippen MR) is 69.3 cm³/mol. The first kappa shape index (κ1) is 14.7. The van der Waals surface area contributed by atoms with Crippen LogP contribution >= 0.6 is 0 Å². The van der Waals surface area contributed by atoms with E-state index in [-0.39, 0.29) is 5.91 Å². The van der Waals surface area contributed by atoms with Crippen molar-refractivity contribution in [1.82, 2.24) is 9.80 Å². The minimum Gasteiger partial charge on any atom is -0.478 e. The molecule has 0 spiro atoms. The van der Waals surface area contributed by atoms with Crippen molar-refractivity contribution in [2.45, 2.75) is 26.2 Å². The largest absolute Gasteiger partial charge is 0.478 e. The van der Waals surface area contributed by atoms with Crippen molar-refractivity contribution in [3.63, 3.8) is 0 Å². The fourth-order valence-electron chi connectivity index (χ4n) is 2.01. The lowest BCUT2D eigenvalue weighted by Crippen LogP contribution is -2.37. The summed E-state index contributed by atoms with van der Waals surface area (Å²) in [6, 6.07) is 0. The van der Waals surface area contributed by atoms with Crippen LogP contribution in [0.25, 0.3) is 0 Å². The van der Waals surface area contributed by atoms with Gasteiger partial charge in [-0.3, -0.25) is 9.69 Å². The van der Waals surface area contributed by atoms with Crippen LogP contribution in [-0.2, 0) is 9.59 Å². The van der Waals surface area contributed by atoms with E-state index in [4.69, 9.17) is 5.11 Å². The normalized spacial score (nSPS) is 16.4. The Bertz CT molecular complexity index is 333. The molecule has 1 N–H and O–H groups in total. The quantitative estimate of drug-likeness (QED) is 0.717. The van der Waals surface area contributed by atoms with E-state index in [1.54, 1.807) is 6.08 Å². The van der Waals surface area contributed by atoms with E-state index in [9.17, 15) is 9.59 Å². The van der Waals surface area contributed by atoms with Crippen molar-refractivity contribution in [2.75, 3.05) is 33.2 Å². The minimum atomic E-state index is -0.878. The van der Waals surface area contributed by atoms with Crippen LogP contribution < -0.4 is 0 Å². The van der Waals surface area contributed by atoms with Crippen molar-refractivity contribution >= 4 is 11.9 Å². The van der Waals surface area contributed by atoms with Crippen LogP contribution in [0, 0.1) is 0 Å². The van der Waals surface area contributed by atoms with Crippen molar-refractivity contribution in [3.8, 4) is 0 Å². The molecule has 0 atom stereocenters. The molecule has 0 bridgehead atoms. The van der Waals surface area contributed by atoms with Crippen molar-refractivity contribution in [2.24, 2.45) is 0 Å². The third kappa shape index (κ3) is 4.49. The molecule has 0 unspecified atom stereocenters. The molecule has 1 aliphatic rings. The zero-order valence-corrected chi connectivity index (χ0v) is 11.2. The maximum atomic E-state index is 11.9. The van der Waals surface area contributed by atoms with Crippen LogP contribution in [0.1, 0.15) is 26.2 Å². The molecular formula is C13H22N2O3. The van der Waals surface area contributed by atoms with Gasteiger partial charge in [-0.05, 0) is 26.3 Å². The third-order valence-corrected chi connectivity index (χ3v) is 3.17. The summed E-state index contributed by atoms with van der Waals surface area (Å²) in [6.45, 7) is 4.38. The Morgan fingerprint density at radius 1 is 1.33 bits per heavy atom. The second-order valence-electron chi connectivity index (χ2n) is 4.67. The summed E-state index contributed by atoms with van der Waals surface area (Å²) in [5.74, 6) is -0.742. The van der Waals surface area contributed by atoms with Gasteiger partial charge >= 0.3 is 5.97 Å². The van der Waals surface area contributed by atoms with Crippen LogP contribution in [0.5, 0.6) is 0 Å². The predicted octanol–water partition coefficient (Wildman–Crippen LogP) is 0.962. The van der Waals surface area contributed by atoms with Gasteiger partial charge in [-0.1, -0.05) is 13.0 Å². The number of carboxylic acids is 1. The van der Waals surface area contributed by atoms with Gasteiger partial charge in [-0.25, -0.2) is 4.79 Å². The molecule has 18 heavy (non-hydrogen) atoms. The maximum absolute atomic E-state index is 11.9. The lowest BCUT2D eigenvalue weighted by atomic mass is 10.2. The molecule has 5 heteroatoms. The number of rotatable bonds is 6. The fraction of sp³-hybridized carbons (Fsp3) is 0.692. The average Bonchev–Trinajstić information content (AvgIpc) is 2.82. The molecule has 0 aromatic carbocycles. The number of aliphatic carboxylic acids is 1. The fourth-order valence-corrected chi connectivity index (χ4v) is 2.01. The first-order valence-electron chi connectivity index (χ1n) is 6.43. The van der Waals surface area contributed by atoms with Gasteiger partial charge in [0.05, 0.1) is 6.54 Å². The molecule has 1 heterocycles. The Balaban J connectivity index is 2.38. The number of carbonyl (C=O) groups is 2. The summed E-state index contributed by atoms with van der Waals surface area (Å²) in [7, 11) is 1.83. The molecule has 1 saturated heterocycles. The van der Waals surface area contributed by atoms with E-state index in [2.05, 4.69) is 0 Å². The highest BCUT2D eigenvalue weighted by atomic mass is 16.4. The highest BCUT2D eigenvalue weighted by molar-refractivity contribution is 5.86. The van der Waals surface area contributed by atoms with E-state index in [0.29, 0.717) is 25.1 Å². The van der Waals surface area contributed by atoms with E-state index in [1.165, 1.54) is 0 Å². The van der Waals surface area contributed by atoms with E-state index in [1.807, 2.05) is 23.8 Å². The molecule has 1 fully saturated rings. The number of likely N-dealkylation sites (N-methyl/N-ethyl adjacent to an activating group) is 1.